The zero-order chi connectivity index (χ0) is 24.0. The van der Waals surface area contributed by atoms with Crippen LogP contribution in [0.5, 0.6) is 0 Å². The van der Waals surface area contributed by atoms with Gasteiger partial charge in [0.2, 0.25) is 6.41 Å². The quantitative estimate of drug-likeness (QED) is 0.209. The van der Waals surface area contributed by atoms with Gasteiger partial charge in [0.1, 0.15) is 24.4 Å². The van der Waals surface area contributed by atoms with E-state index in [2.05, 4.69) is 11.7 Å². The highest BCUT2D eigenvalue weighted by molar-refractivity contribution is 5.96. The maximum atomic E-state index is 15.0. The number of likely N-dealkylation sites (N-methyl/N-ethyl adjacent to an activating group) is 1. The zero-order valence-corrected chi connectivity index (χ0v) is 18.9. The fourth-order valence-corrected chi connectivity index (χ4v) is 3.19. The van der Waals surface area contributed by atoms with E-state index in [1.54, 1.807) is 18.9 Å². The summed E-state index contributed by atoms with van der Waals surface area (Å²) in [6.07, 6.45) is 1.69. The van der Waals surface area contributed by atoms with E-state index in [0.29, 0.717) is 41.9 Å². The first-order valence-corrected chi connectivity index (χ1v) is 10.4. The first-order chi connectivity index (χ1) is 15.8. The summed E-state index contributed by atoms with van der Waals surface area (Å²) in [4.78, 5) is 25.8. The molecule has 2 aromatic carbocycles. The van der Waals surface area contributed by atoms with E-state index in [4.69, 9.17) is 9.15 Å². The van der Waals surface area contributed by atoms with Crippen LogP contribution in [0, 0.1) is 5.82 Å². The van der Waals surface area contributed by atoms with E-state index in [0.717, 1.165) is 16.6 Å². The fourth-order valence-electron chi connectivity index (χ4n) is 3.19. The molecular formula is C25H26FN3O4. The van der Waals surface area contributed by atoms with Gasteiger partial charge < -0.3 is 14.1 Å². The lowest BCUT2D eigenvalue weighted by Crippen LogP contribution is -2.33. The number of amides is 1. The van der Waals surface area contributed by atoms with E-state index in [1.165, 1.54) is 12.3 Å². The predicted molar refractivity (Wildman–Crippen MR) is 128 cm³/mol. The van der Waals surface area contributed by atoms with E-state index < -0.39 is 11.4 Å². The highest BCUT2D eigenvalue weighted by atomic mass is 19.1. The third-order valence-electron chi connectivity index (χ3n) is 5.17. The molecule has 8 heteroatoms. The number of hydrogen-bond acceptors (Lipinski definition) is 5. The number of amidine groups is 1. The van der Waals surface area contributed by atoms with Crippen molar-refractivity contribution in [2.45, 2.75) is 20.5 Å². The molecule has 7 nitrogen and oxygen atoms in total. The summed E-state index contributed by atoms with van der Waals surface area (Å²) in [6.45, 7) is 8.61. The van der Waals surface area contributed by atoms with Crippen molar-refractivity contribution >= 4 is 34.3 Å². The third kappa shape index (κ3) is 5.53. The van der Waals surface area contributed by atoms with Crippen LogP contribution in [-0.4, -0.2) is 37.3 Å². The molecule has 0 saturated carbocycles. The molecule has 0 fully saturated rings. The number of ether oxygens (including phenoxy) is 1. The number of anilines is 1. The summed E-state index contributed by atoms with van der Waals surface area (Å²) in [7, 11) is 1.80. The molecule has 0 aliphatic carbocycles. The minimum Gasteiger partial charge on any atom is -0.430 e. The van der Waals surface area contributed by atoms with E-state index >= 15 is 0 Å². The van der Waals surface area contributed by atoms with Crippen LogP contribution in [0.3, 0.4) is 0 Å². The van der Waals surface area contributed by atoms with Crippen molar-refractivity contribution in [2.75, 3.05) is 25.2 Å². The van der Waals surface area contributed by atoms with Crippen LogP contribution < -0.4 is 10.6 Å². The molecular weight excluding hydrogens is 425 g/mol. The number of fused-ring (bicyclic) bond motifs is 1. The molecule has 0 aliphatic heterocycles. The molecule has 0 unspecified atom stereocenters. The number of allylic oxidation sites excluding steroid dienone is 1. The minimum atomic E-state index is -0.784. The summed E-state index contributed by atoms with van der Waals surface area (Å²) >= 11 is 0. The summed E-state index contributed by atoms with van der Waals surface area (Å²) in [5.74, 6) is -0.346. The van der Waals surface area contributed by atoms with Crippen molar-refractivity contribution in [3.05, 3.63) is 82.7 Å². The molecule has 0 aliphatic rings. The number of rotatable bonds is 9. The largest absolute Gasteiger partial charge is 0.430 e. The van der Waals surface area contributed by atoms with Gasteiger partial charge in [0.25, 0.3) is 0 Å². The van der Waals surface area contributed by atoms with Gasteiger partial charge in [0.15, 0.2) is 5.84 Å². The lowest BCUT2D eigenvalue weighted by molar-refractivity contribution is -0.107. The monoisotopic (exact) mass is 451 g/mol. The number of hydrogen-bond donors (Lipinski definition) is 0. The number of benzene rings is 2. The van der Waals surface area contributed by atoms with Gasteiger partial charge in [-0.2, -0.15) is 5.01 Å². The molecule has 1 heterocycles. The van der Waals surface area contributed by atoms with Gasteiger partial charge in [-0.25, -0.2) is 9.18 Å². The van der Waals surface area contributed by atoms with Crippen molar-refractivity contribution in [2.24, 2.45) is 5.10 Å². The van der Waals surface area contributed by atoms with Gasteiger partial charge in [0, 0.05) is 24.5 Å². The van der Waals surface area contributed by atoms with Crippen LogP contribution in [0.1, 0.15) is 25.0 Å². The van der Waals surface area contributed by atoms with Crippen molar-refractivity contribution in [3.63, 3.8) is 0 Å². The van der Waals surface area contributed by atoms with E-state index in [-0.39, 0.29) is 17.7 Å². The summed E-state index contributed by atoms with van der Waals surface area (Å²) in [5, 5.41) is 5.73. The first-order valence-electron chi connectivity index (χ1n) is 10.4. The first kappa shape index (κ1) is 23.9. The molecule has 1 aromatic heterocycles. The number of nitrogens with zero attached hydrogens (tertiary/aromatic N) is 3. The Labute approximate surface area is 191 Å². The van der Waals surface area contributed by atoms with Crippen LogP contribution in [0.4, 0.5) is 10.1 Å². The number of carbonyl (C=O) groups is 1. The van der Waals surface area contributed by atoms with Gasteiger partial charge in [-0.3, -0.25) is 4.79 Å². The van der Waals surface area contributed by atoms with Crippen molar-refractivity contribution in [3.8, 4) is 0 Å². The minimum absolute atomic E-state index is 0.0590. The Morgan fingerprint density at radius 1 is 1.24 bits per heavy atom. The zero-order valence-electron chi connectivity index (χ0n) is 18.9. The van der Waals surface area contributed by atoms with E-state index in [9.17, 15) is 14.0 Å². The van der Waals surface area contributed by atoms with Gasteiger partial charge in [-0.15, -0.1) is 5.10 Å². The Hall–Kier alpha value is -3.78. The van der Waals surface area contributed by atoms with Crippen molar-refractivity contribution < 1.29 is 18.3 Å². The number of carbonyl (C=O) groups excluding carboxylic acids is 1. The Morgan fingerprint density at radius 2 is 1.97 bits per heavy atom. The molecule has 0 saturated heterocycles. The molecule has 172 valence electrons. The second kappa shape index (κ2) is 10.7. The van der Waals surface area contributed by atoms with Crippen molar-refractivity contribution in [1.82, 2.24) is 4.90 Å². The molecule has 3 aromatic rings. The second-order valence-electron chi connectivity index (χ2n) is 7.53. The summed E-state index contributed by atoms with van der Waals surface area (Å²) in [5.41, 5.74) is 1.38. The SMILES string of the molecule is C=C(C)c1coc(=O)c2cc(F)c(N(C=O)/N=C(/COCc3ccccc3)N(C)CC)cc12. The number of hydrazone groups is 1. The normalized spacial score (nSPS) is 11.5. The topological polar surface area (TPSA) is 75.3 Å². The predicted octanol–water partition coefficient (Wildman–Crippen LogP) is 4.41. The Balaban J connectivity index is 1.98. The molecule has 1 amide bonds. The highest BCUT2D eigenvalue weighted by Crippen LogP contribution is 2.29. The maximum absolute atomic E-state index is 15.0. The van der Waals surface area contributed by atoms with Crippen molar-refractivity contribution in [1.29, 1.82) is 0 Å². The average molecular weight is 451 g/mol. The molecule has 33 heavy (non-hydrogen) atoms. The molecule has 0 atom stereocenters. The average Bonchev–Trinajstić information content (AvgIpc) is 2.81. The Bertz CT molecular complexity index is 1240. The molecule has 0 spiro atoms. The third-order valence-corrected chi connectivity index (χ3v) is 5.17. The van der Waals surface area contributed by atoms with E-state index in [1.807, 2.05) is 37.3 Å². The lowest BCUT2D eigenvalue weighted by Gasteiger charge is -2.22. The maximum Gasteiger partial charge on any atom is 0.343 e. The summed E-state index contributed by atoms with van der Waals surface area (Å²) < 4.78 is 25.7. The highest BCUT2D eigenvalue weighted by Gasteiger charge is 2.18. The second-order valence-corrected chi connectivity index (χ2v) is 7.53. The standard InChI is InChI=1S/C25H26FN3O4/c1-5-28(4)24(15-32-13-18-9-7-6-8-10-18)27-29(16-30)23-12-19-20(11-22(23)26)25(31)33-14-21(19)17(2)3/h6-12,14,16H,2,5,13,15H2,1,3-4H3/b27-24-. The Kier molecular flexibility index (Phi) is 7.74. The van der Waals surface area contributed by atoms with Crippen LogP contribution in [-0.2, 0) is 16.1 Å². The Morgan fingerprint density at radius 3 is 2.61 bits per heavy atom. The van der Waals surface area contributed by atoms with Gasteiger partial charge >= 0.3 is 5.63 Å². The molecule has 0 bridgehead atoms. The van der Waals surface area contributed by atoms with Gasteiger partial charge in [-0.05, 0) is 37.1 Å². The molecule has 0 N–H and O–H groups in total. The van der Waals surface area contributed by atoms with Gasteiger partial charge in [-0.1, -0.05) is 36.9 Å². The smallest absolute Gasteiger partial charge is 0.343 e. The van der Waals surface area contributed by atoms with Crippen LogP contribution in [0.25, 0.3) is 16.3 Å². The van der Waals surface area contributed by atoms with Crippen LogP contribution in [0.15, 0.2) is 69.6 Å². The number of halogens is 1. The van der Waals surface area contributed by atoms with Crippen LogP contribution in [0.2, 0.25) is 0 Å². The van der Waals surface area contributed by atoms with Crippen LogP contribution >= 0.6 is 0 Å². The molecule has 0 radical (unpaired) electrons. The molecule has 3 rings (SSSR count). The van der Waals surface area contributed by atoms with Gasteiger partial charge in [0.05, 0.1) is 12.0 Å². The lowest BCUT2D eigenvalue weighted by atomic mass is 10.0. The fraction of sp³-hybridized carbons (Fsp3) is 0.240. The summed E-state index contributed by atoms with van der Waals surface area (Å²) in [6, 6.07) is 12.1.